The number of halogens is 2. The topological polar surface area (TPSA) is 76.9 Å². The minimum absolute atomic E-state index is 0. The van der Waals surface area contributed by atoms with Gasteiger partial charge in [-0.1, -0.05) is 91.0 Å². The van der Waals surface area contributed by atoms with Gasteiger partial charge in [0.2, 0.25) is 0 Å². The van der Waals surface area contributed by atoms with Crippen LogP contribution in [0.5, 0.6) is 0 Å². The second-order valence-corrected chi connectivity index (χ2v) is 8.31. The van der Waals surface area contributed by atoms with Crippen LogP contribution in [-0.4, -0.2) is 39.9 Å². The predicted molar refractivity (Wildman–Crippen MR) is 142 cm³/mol. The van der Waals surface area contributed by atoms with Crippen LogP contribution in [-0.2, 0) is 17.0 Å². The molecule has 3 atom stereocenters. The Hall–Kier alpha value is -2.81. The predicted octanol–water partition coefficient (Wildman–Crippen LogP) is 4.38. The zero-order chi connectivity index (χ0) is 22.5. The Bertz CT molecular complexity index is 1160. The van der Waals surface area contributed by atoms with Gasteiger partial charge in [0.05, 0.1) is 12.1 Å². The number of aromatic nitrogens is 4. The van der Waals surface area contributed by atoms with Gasteiger partial charge in [-0.25, -0.2) is 4.68 Å². The first-order chi connectivity index (χ1) is 16.3. The number of ether oxygens (including phenoxy) is 1. The molecule has 4 aromatic rings. The molecule has 2 N–H and O–H groups in total. The normalized spacial score (nSPS) is 21.5. The summed E-state index contributed by atoms with van der Waals surface area (Å²) in [6.07, 6.45) is 0.799. The Kier molecular flexibility index (Phi) is 9.37. The highest BCUT2D eigenvalue weighted by Gasteiger charge is 2.46. The molecule has 5 rings (SSSR count). The first-order valence-corrected chi connectivity index (χ1v) is 11.3. The number of hydrogen-bond acceptors (Lipinski definition) is 6. The molecule has 1 saturated heterocycles. The standard InChI is InChI=1S/C26H28N6O.2ClH/c1-33-26(22-15-9-4-10-16-22)24(27-18-20-11-5-2-6-12-20)17-23(19-28-26)32-25(29-30-31-32)21-13-7-3-8-14-21;;/h2-16,23-24,27-28H,17-19H2,1H3;2*1H/t23?,24-,26-;;/m0../s1. The quantitative estimate of drug-likeness (QED) is 0.382. The molecule has 0 bridgehead atoms. The van der Waals surface area contributed by atoms with Crippen LogP contribution in [0.4, 0.5) is 0 Å². The van der Waals surface area contributed by atoms with Gasteiger partial charge in [0.25, 0.3) is 0 Å². The van der Waals surface area contributed by atoms with E-state index in [9.17, 15) is 0 Å². The summed E-state index contributed by atoms with van der Waals surface area (Å²) < 4.78 is 8.15. The minimum atomic E-state index is -0.659. The van der Waals surface area contributed by atoms with Gasteiger partial charge in [0.15, 0.2) is 11.5 Å². The highest BCUT2D eigenvalue weighted by Crippen LogP contribution is 2.36. The lowest BCUT2D eigenvalue weighted by molar-refractivity contribution is -0.0987. The summed E-state index contributed by atoms with van der Waals surface area (Å²) >= 11 is 0. The van der Waals surface area contributed by atoms with Gasteiger partial charge in [-0.05, 0) is 22.4 Å². The fourth-order valence-corrected chi connectivity index (χ4v) is 4.70. The highest BCUT2D eigenvalue weighted by atomic mass is 35.5. The number of rotatable bonds is 7. The van der Waals surface area contributed by atoms with Crippen LogP contribution in [0, 0.1) is 0 Å². The molecule has 0 radical (unpaired) electrons. The van der Waals surface area contributed by atoms with E-state index in [1.165, 1.54) is 5.56 Å². The summed E-state index contributed by atoms with van der Waals surface area (Å²) in [6.45, 7) is 1.41. The van der Waals surface area contributed by atoms with Gasteiger partial charge in [0.1, 0.15) is 0 Å². The fraction of sp³-hybridized carbons (Fsp3) is 0.269. The van der Waals surface area contributed by atoms with Gasteiger partial charge in [-0.2, -0.15) is 0 Å². The van der Waals surface area contributed by atoms with Gasteiger partial charge >= 0.3 is 0 Å². The van der Waals surface area contributed by atoms with E-state index in [1.54, 1.807) is 7.11 Å². The average Bonchev–Trinajstić information content (AvgIpc) is 3.39. The van der Waals surface area contributed by atoms with Gasteiger partial charge in [0, 0.05) is 31.3 Å². The molecule has 1 aromatic heterocycles. The number of hydrogen-bond donors (Lipinski definition) is 2. The SMILES string of the molecule is CO[C@]1(c2ccccc2)NCC(n2nnnc2-c2ccccc2)C[C@@H]1NCc1ccccc1.Cl.Cl. The van der Waals surface area contributed by atoms with Crippen molar-refractivity contribution in [3.63, 3.8) is 0 Å². The third-order valence-electron chi connectivity index (χ3n) is 6.39. The number of benzene rings is 3. The van der Waals surface area contributed by atoms with E-state index in [4.69, 9.17) is 4.74 Å². The summed E-state index contributed by atoms with van der Waals surface area (Å²) in [4.78, 5) is 0. The minimum Gasteiger partial charge on any atom is -0.358 e. The van der Waals surface area contributed by atoms with E-state index < -0.39 is 5.72 Å². The summed E-state index contributed by atoms with van der Waals surface area (Å²) in [5, 5.41) is 20.1. The maximum Gasteiger partial charge on any atom is 0.182 e. The molecule has 0 amide bonds. The lowest BCUT2D eigenvalue weighted by Crippen LogP contribution is -2.63. The molecular weight excluding hydrogens is 483 g/mol. The van der Waals surface area contributed by atoms with Crippen LogP contribution < -0.4 is 10.6 Å². The van der Waals surface area contributed by atoms with Crippen LogP contribution in [0.2, 0.25) is 0 Å². The molecule has 0 saturated carbocycles. The van der Waals surface area contributed by atoms with E-state index in [0.29, 0.717) is 6.54 Å². The molecule has 9 heteroatoms. The lowest BCUT2D eigenvalue weighted by atomic mass is 9.85. The third-order valence-corrected chi connectivity index (χ3v) is 6.39. The van der Waals surface area contributed by atoms with Crippen molar-refractivity contribution < 1.29 is 4.74 Å². The molecule has 1 aliphatic rings. The Labute approximate surface area is 218 Å². The van der Waals surface area contributed by atoms with Crippen molar-refractivity contribution in [2.45, 2.75) is 30.8 Å². The number of methoxy groups -OCH3 is 1. The highest BCUT2D eigenvalue weighted by molar-refractivity contribution is 5.85. The van der Waals surface area contributed by atoms with E-state index in [0.717, 1.165) is 29.9 Å². The van der Waals surface area contributed by atoms with Crippen LogP contribution in [0.15, 0.2) is 91.0 Å². The molecule has 35 heavy (non-hydrogen) atoms. The van der Waals surface area contributed by atoms with E-state index in [1.807, 2.05) is 59.3 Å². The van der Waals surface area contributed by atoms with E-state index in [-0.39, 0.29) is 36.9 Å². The van der Waals surface area contributed by atoms with Crippen molar-refractivity contribution in [2.75, 3.05) is 13.7 Å². The van der Waals surface area contributed by atoms with Crippen molar-refractivity contribution in [1.29, 1.82) is 0 Å². The Morgan fingerprint density at radius 3 is 2.23 bits per heavy atom. The second-order valence-electron chi connectivity index (χ2n) is 8.31. The van der Waals surface area contributed by atoms with E-state index >= 15 is 0 Å². The van der Waals surface area contributed by atoms with Gasteiger partial charge < -0.3 is 10.1 Å². The number of nitrogens with one attached hydrogen (secondary N) is 2. The van der Waals surface area contributed by atoms with Crippen molar-refractivity contribution in [3.05, 3.63) is 102 Å². The van der Waals surface area contributed by atoms with Crippen molar-refractivity contribution in [1.82, 2.24) is 30.8 Å². The van der Waals surface area contributed by atoms with Crippen molar-refractivity contribution >= 4 is 24.8 Å². The number of tetrazole rings is 1. The maximum absolute atomic E-state index is 6.21. The molecule has 0 spiro atoms. The Balaban J connectivity index is 0.00000171. The first-order valence-electron chi connectivity index (χ1n) is 11.3. The number of piperidine rings is 1. The molecule has 7 nitrogen and oxygen atoms in total. The largest absolute Gasteiger partial charge is 0.358 e. The molecular formula is C26H30Cl2N6O. The number of nitrogens with zero attached hydrogens (tertiary/aromatic N) is 4. The zero-order valence-corrected chi connectivity index (χ0v) is 21.1. The molecule has 1 aliphatic heterocycles. The van der Waals surface area contributed by atoms with Crippen LogP contribution in [0.3, 0.4) is 0 Å². The van der Waals surface area contributed by atoms with Gasteiger partial charge in [-0.3, -0.25) is 5.32 Å². The van der Waals surface area contributed by atoms with Crippen LogP contribution in [0.25, 0.3) is 11.4 Å². The maximum atomic E-state index is 6.21. The van der Waals surface area contributed by atoms with Crippen molar-refractivity contribution in [3.8, 4) is 11.4 Å². The van der Waals surface area contributed by atoms with Gasteiger partial charge in [-0.15, -0.1) is 29.9 Å². The monoisotopic (exact) mass is 512 g/mol. The molecule has 1 unspecified atom stereocenters. The zero-order valence-electron chi connectivity index (χ0n) is 19.4. The fourth-order valence-electron chi connectivity index (χ4n) is 4.70. The Morgan fingerprint density at radius 2 is 1.57 bits per heavy atom. The molecule has 1 fully saturated rings. The summed E-state index contributed by atoms with van der Waals surface area (Å²) in [5.74, 6) is 0.772. The summed E-state index contributed by atoms with van der Waals surface area (Å²) in [5.41, 5.74) is 2.66. The van der Waals surface area contributed by atoms with Crippen molar-refractivity contribution in [2.24, 2.45) is 0 Å². The van der Waals surface area contributed by atoms with E-state index in [2.05, 4.69) is 62.6 Å². The summed E-state index contributed by atoms with van der Waals surface area (Å²) in [6, 6.07) is 30.9. The Morgan fingerprint density at radius 1 is 0.943 bits per heavy atom. The first kappa shape index (κ1) is 26.8. The average molecular weight is 513 g/mol. The third kappa shape index (κ3) is 5.55. The molecule has 3 aromatic carbocycles. The second kappa shape index (κ2) is 12.2. The lowest BCUT2D eigenvalue weighted by Gasteiger charge is -2.47. The molecule has 2 heterocycles. The molecule has 0 aliphatic carbocycles. The smallest absolute Gasteiger partial charge is 0.182 e. The summed E-state index contributed by atoms with van der Waals surface area (Å²) in [7, 11) is 1.77. The van der Waals surface area contributed by atoms with Crippen LogP contribution >= 0.6 is 24.8 Å². The van der Waals surface area contributed by atoms with Crippen LogP contribution in [0.1, 0.15) is 23.6 Å². The molecule has 184 valence electrons.